The molecular formula is C15H24N2O2S. The Balaban J connectivity index is 2.24. The lowest BCUT2D eigenvalue weighted by Crippen LogP contribution is -2.33. The van der Waals surface area contributed by atoms with Crippen LogP contribution in [0.15, 0.2) is 17.0 Å². The Bertz CT molecular complexity index is 594. The summed E-state index contributed by atoms with van der Waals surface area (Å²) < 4.78 is 27.9. The van der Waals surface area contributed by atoms with Crippen LogP contribution in [0.3, 0.4) is 0 Å². The lowest BCUT2D eigenvalue weighted by atomic mass is 9.93. The molecule has 1 aromatic carbocycles. The molecular weight excluding hydrogens is 272 g/mol. The van der Waals surface area contributed by atoms with Gasteiger partial charge in [-0.2, -0.15) is 0 Å². The van der Waals surface area contributed by atoms with Crippen LogP contribution in [0.2, 0.25) is 0 Å². The summed E-state index contributed by atoms with van der Waals surface area (Å²) in [6.07, 6.45) is 2.21. The van der Waals surface area contributed by atoms with Crippen molar-refractivity contribution in [3.63, 3.8) is 0 Å². The first-order chi connectivity index (χ1) is 9.18. The van der Waals surface area contributed by atoms with E-state index in [0.717, 1.165) is 12.8 Å². The lowest BCUT2D eigenvalue weighted by molar-refractivity contribution is 0.357. The molecule has 1 saturated carbocycles. The van der Waals surface area contributed by atoms with Crippen molar-refractivity contribution in [2.45, 2.75) is 45.4 Å². The zero-order chi connectivity index (χ0) is 15.1. The first kappa shape index (κ1) is 15.3. The Kier molecular flexibility index (Phi) is 3.86. The number of rotatable bonds is 5. The van der Waals surface area contributed by atoms with E-state index in [1.807, 2.05) is 0 Å². The molecule has 1 aliphatic rings. The van der Waals surface area contributed by atoms with Gasteiger partial charge in [-0.05, 0) is 61.3 Å². The minimum Gasteiger partial charge on any atom is -0.399 e. The summed E-state index contributed by atoms with van der Waals surface area (Å²) in [5, 5.41) is 0. The number of nitrogens with one attached hydrogen (secondary N) is 1. The van der Waals surface area contributed by atoms with Crippen LogP contribution in [-0.2, 0) is 10.0 Å². The zero-order valence-corrected chi connectivity index (χ0v) is 13.5. The standard InChI is InChI=1S/C15H24N2O2S/c1-10(2)15(5-6-15)9-17-20(18,19)14-11(3)7-13(16)8-12(14)4/h7-8,10,17H,5-6,9,16H2,1-4H3. The molecule has 112 valence electrons. The number of hydrogen-bond acceptors (Lipinski definition) is 3. The highest BCUT2D eigenvalue weighted by Gasteiger charge is 2.45. The minimum absolute atomic E-state index is 0.155. The van der Waals surface area contributed by atoms with Crippen molar-refractivity contribution in [3.05, 3.63) is 23.3 Å². The second-order valence-corrected chi connectivity index (χ2v) is 8.03. The van der Waals surface area contributed by atoms with Crippen LogP contribution in [0.4, 0.5) is 5.69 Å². The molecule has 1 aromatic rings. The number of anilines is 1. The van der Waals surface area contributed by atoms with Gasteiger partial charge in [-0.15, -0.1) is 0 Å². The maximum absolute atomic E-state index is 12.5. The zero-order valence-electron chi connectivity index (χ0n) is 12.7. The van der Waals surface area contributed by atoms with Crippen LogP contribution in [0.5, 0.6) is 0 Å². The van der Waals surface area contributed by atoms with Gasteiger partial charge in [0.25, 0.3) is 0 Å². The Morgan fingerprint density at radius 1 is 1.25 bits per heavy atom. The molecule has 1 aliphatic carbocycles. The van der Waals surface area contributed by atoms with Crippen molar-refractivity contribution in [3.8, 4) is 0 Å². The van der Waals surface area contributed by atoms with E-state index in [2.05, 4.69) is 18.6 Å². The number of benzene rings is 1. The third-order valence-electron chi connectivity index (χ3n) is 4.48. The first-order valence-electron chi connectivity index (χ1n) is 7.04. The second-order valence-electron chi connectivity index (χ2n) is 6.33. The SMILES string of the molecule is Cc1cc(N)cc(C)c1S(=O)(=O)NCC1(C(C)C)CC1. The van der Waals surface area contributed by atoms with E-state index in [-0.39, 0.29) is 5.41 Å². The third-order valence-corrected chi connectivity index (χ3v) is 6.19. The average molecular weight is 296 g/mol. The molecule has 3 N–H and O–H groups in total. The van der Waals surface area contributed by atoms with Crippen molar-refractivity contribution in [1.82, 2.24) is 4.72 Å². The highest BCUT2D eigenvalue weighted by molar-refractivity contribution is 7.89. The second kappa shape index (κ2) is 5.04. The molecule has 0 spiro atoms. The van der Waals surface area contributed by atoms with Gasteiger partial charge >= 0.3 is 0 Å². The largest absolute Gasteiger partial charge is 0.399 e. The van der Waals surface area contributed by atoms with Gasteiger partial charge in [0, 0.05) is 12.2 Å². The number of nitrogen functional groups attached to an aromatic ring is 1. The normalized spacial score (nSPS) is 17.4. The topological polar surface area (TPSA) is 72.2 Å². The Morgan fingerprint density at radius 2 is 1.75 bits per heavy atom. The van der Waals surface area contributed by atoms with Crippen molar-refractivity contribution in [2.75, 3.05) is 12.3 Å². The summed E-state index contributed by atoms with van der Waals surface area (Å²) in [5.41, 5.74) is 7.90. The summed E-state index contributed by atoms with van der Waals surface area (Å²) in [5.74, 6) is 0.499. The molecule has 0 bridgehead atoms. The molecule has 0 heterocycles. The van der Waals surface area contributed by atoms with E-state index in [9.17, 15) is 8.42 Å². The van der Waals surface area contributed by atoms with Gasteiger partial charge in [0.05, 0.1) is 4.90 Å². The van der Waals surface area contributed by atoms with Gasteiger partial charge in [-0.1, -0.05) is 13.8 Å². The molecule has 0 aliphatic heterocycles. The van der Waals surface area contributed by atoms with Gasteiger partial charge in [0.15, 0.2) is 0 Å². The van der Waals surface area contributed by atoms with E-state index >= 15 is 0 Å². The summed E-state index contributed by atoms with van der Waals surface area (Å²) in [6, 6.07) is 3.41. The van der Waals surface area contributed by atoms with E-state index in [0.29, 0.717) is 34.2 Å². The lowest BCUT2D eigenvalue weighted by Gasteiger charge is -2.21. The Hall–Kier alpha value is -1.07. The predicted molar refractivity (Wildman–Crippen MR) is 82.0 cm³/mol. The molecule has 4 nitrogen and oxygen atoms in total. The molecule has 0 amide bonds. The average Bonchev–Trinajstić information content (AvgIpc) is 3.05. The van der Waals surface area contributed by atoms with Gasteiger partial charge < -0.3 is 5.73 Å². The van der Waals surface area contributed by atoms with Crippen LogP contribution >= 0.6 is 0 Å². The number of nitrogens with two attached hydrogens (primary N) is 1. The smallest absolute Gasteiger partial charge is 0.241 e. The Morgan fingerprint density at radius 3 is 2.15 bits per heavy atom. The highest BCUT2D eigenvalue weighted by Crippen LogP contribution is 2.51. The molecule has 0 aromatic heterocycles. The van der Waals surface area contributed by atoms with Gasteiger partial charge in [-0.3, -0.25) is 0 Å². The minimum atomic E-state index is -3.47. The Labute approximate surface area is 121 Å². The maximum Gasteiger partial charge on any atom is 0.241 e. The molecule has 20 heavy (non-hydrogen) atoms. The van der Waals surface area contributed by atoms with Crippen LogP contribution < -0.4 is 10.5 Å². The van der Waals surface area contributed by atoms with Crippen LogP contribution in [0.1, 0.15) is 37.8 Å². The van der Waals surface area contributed by atoms with Crippen molar-refractivity contribution < 1.29 is 8.42 Å². The van der Waals surface area contributed by atoms with Crippen LogP contribution in [0.25, 0.3) is 0 Å². The van der Waals surface area contributed by atoms with E-state index in [4.69, 9.17) is 5.73 Å². The summed E-state index contributed by atoms with van der Waals surface area (Å²) in [4.78, 5) is 0.367. The molecule has 5 heteroatoms. The van der Waals surface area contributed by atoms with Gasteiger partial charge in [0.2, 0.25) is 10.0 Å². The quantitative estimate of drug-likeness (QED) is 0.820. The number of sulfonamides is 1. The monoisotopic (exact) mass is 296 g/mol. The summed E-state index contributed by atoms with van der Waals surface area (Å²) >= 11 is 0. The fraction of sp³-hybridized carbons (Fsp3) is 0.600. The first-order valence-corrected chi connectivity index (χ1v) is 8.53. The fourth-order valence-corrected chi connectivity index (χ4v) is 4.42. The third kappa shape index (κ3) is 2.83. The van der Waals surface area contributed by atoms with E-state index in [1.165, 1.54) is 0 Å². The van der Waals surface area contributed by atoms with Gasteiger partial charge in [0.1, 0.15) is 0 Å². The van der Waals surface area contributed by atoms with Crippen LogP contribution in [0, 0.1) is 25.2 Å². The molecule has 2 rings (SSSR count). The van der Waals surface area contributed by atoms with E-state index in [1.54, 1.807) is 26.0 Å². The molecule has 0 saturated heterocycles. The molecule has 0 unspecified atom stereocenters. The van der Waals surface area contributed by atoms with Crippen LogP contribution in [-0.4, -0.2) is 15.0 Å². The van der Waals surface area contributed by atoms with Gasteiger partial charge in [-0.25, -0.2) is 13.1 Å². The summed E-state index contributed by atoms with van der Waals surface area (Å²) in [6.45, 7) is 8.40. The molecule has 0 atom stereocenters. The summed E-state index contributed by atoms with van der Waals surface area (Å²) in [7, 11) is -3.47. The van der Waals surface area contributed by atoms with Crippen molar-refractivity contribution in [2.24, 2.45) is 11.3 Å². The maximum atomic E-state index is 12.5. The van der Waals surface area contributed by atoms with Crippen molar-refractivity contribution in [1.29, 1.82) is 0 Å². The highest BCUT2D eigenvalue weighted by atomic mass is 32.2. The molecule has 0 radical (unpaired) electrons. The van der Waals surface area contributed by atoms with E-state index < -0.39 is 10.0 Å². The molecule has 1 fully saturated rings. The number of aryl methyl sites for hydroxylation is 2. The number of hydrogen-bond donors (Lipinski definition) is 2. The fourth-order valence-electron chi connectivity index (χ4n) is 2.84. The predicted octanol–water partition coefficient (Wildman–Crippen LogP) is 2.60. The van der Waals surface area contributed by atoms with Crippen molar-refractivity contribution >= 4 is 15.7 Å².